The van der Waals surface area contributed by atoms with Crippen LogP contribution in [0.25, 0.3) is 0 Å². The molecule has 0 aliphatic heterocycles. The Labute approximate surface area is 147 Å². The molecule has 0 saturated heterocycles. The van der Waals surface area contributed by atoms with E-state index in [0.717, 1.165) is 18.5 Å². The number of hydrogen-bond acceptors (Lipinski definition) is 4. The molecule has 5 nitrogen and oxygen atoms in total. The van der Waals surface area contributed by atoms with E-state index in [1.54, 1.807) is 12.1 Å². The summed E-state index contributed by atoms with van der Waals surface area (Å²) in [5.74, 6) is 0.924. The van der Waals surface area contributed by atoms with E-state index >= 15 is 0 Å². The fourth-order valence-electron chi connectivity index (χ4n) is 2.45. The number of nitrogens with one attached hydrogen (secondary N) is 2. The largest absolute Gasteiger partial charge is 0.368 e. The van der Waals surface area contributed by atoms with Crippen molar-refractivity contribution in [3.05, 3.63) is 83.4 Å². The highest BCUT2D eigenvalue weighted by Crippen LogP contribution is 2.10. The van der Waals surface area contributed by atoms with Crippen molar-refractivity contribution >= 4 is 17.5 Å². The second-order valence-corrected chi connectivity index (χ2v) is 5.79. The van der Waals surface area contributed by atoms with Crippen LogP contribution in [0.5, 0.6) is 0 Å². The number of amides is 1. The number of aromatic nitrogens is 2. The predicted molar refractivity (Wildman–Crippen MR) is 99.8 cm³/mol. The van der Waals surface area contributed by atoms with E-state index in [1.165, 1.54) is 5.56 Å². The van der Waals surface area contributed by atoms with E-state index in [1.807, 2.05) is 49.4 Å². The van der Waals surface area contributed by atoms with Gasteiger partial charge in [0, 0.05) is 12.1 Å². The Morgan fingerprint density at radius 2 is 1.68 bits per heavy atom. The van der Waals surface area contributed by atoms with Crippen molar-refractivity contribution in [2.24, 2.45) is 0 Å². The van der Waals surface area contributed by atoms with E-state index in [4.69, 9.17) is 0 Å². The van der Waals surface area contributed by atoms with E-state index in [2.05, 4.69) is 33.0 Å². The fourth-order valence-corrected chi connectivity index (χ4v) is 2.45. The molecule has 0 aliphatic carbocycles. The summed E-state index contributed by atoms with van der Waals surface area (Å²) in [6.45, 7) is 2.72. The number of carbonyl (C=O) groups excluding carboxylic acids is 1. The van der Waals surface area contributed by atoms with Gasteiger partial charge in [0.1, 0.15) is 5.82 Å². The Hall–Kier alpha value is -3.21. The summed E-state index contributed by atoms with van der Waals surface area (Å²) in [7, 11) is 0. The van der Waals surface area contributed by atoms with Crippen molar-refractivity contribution in [1.29, 1.82) is 0 Å². The standard InChI is InChI=1S/C20H20N4O/c1-15-6-5-9-17(14-15)20(25)22-19-11-10-18(23-24-19)21-13-12-16-7-3-2-4-8-16/h2-11,14H,12-13H2,1H3,(H,21,23)(H,22,24,25). The van der Waals surface area contributed by atoms with Gasteiger partial charge < -0.3 is 10.6 Å². The molecule has 5 heteroatoms. The maximum absolute atomic E-state index is 12.2. The van der Waals surface area contributed by atoms with Crippen molar-refractivity contribution in [1.82, 2.24) is 10.2 Å². The maximum atomic E-state index is 12.2. The van der Waals surface area contributed by atoms with Gasteiger partial charge in [-0.25, -0.2) is 0 Å². The quantitative estimate of drug-likeness (QED) is 0.722. The summed E-state index contributed by atoms with van der Waals surface area (Å²) in [6.07, 6.45) is 0.911. The Bertz CT molecular complexity index is 832. The SMILES string of the molecule is Cc1cccc(C(=O)Nc2ccc(NCCc3ccccc3)nn2)c1. The number of carbonyl (C=O) groups is 1. The zero-order valence-electron chi connectivity index (χ0n) is 14.1. The molecular weight excluding hydrogens is 312 g/mol. The highest BCUT2D eigenvalue weighted by atomic mass is 16.1. The number of aryl methyl sites for hydroxylation is 1. The van der Waals surface area contributed by atoms with Crippen LogP contribution in [0.3, 0.4) is 0 Å². The topological polar surface area (TPSA) is 66.9 Å². The number of benzene rings is 2. The summed E-state index contributed by atoms with van der Waals surface area (Å²) in [6, 6.07) is 21.2. The van der Waals surface area contributed by atoms with Gasteiger partial charge in [0.25, 0.3) is 5.91 Å². The molecular formula is C20H20N4O. The molecule has 3 rings (SSSR count). The molecule has 2 aromatic carbocycles. The molecule has 126 valence electrons. The van der Waals surface area contributed by atoms with Gasteiger partial charge in [-0.15, -0.1) is 10.2 Å². The third-order valence-electron chi connectivity index (χ3n) is 3.75. The van der Waals surface area contributed by atoms with Crippen LogP contribution >= 0.6 is 0 Å². The van der Waals surface area contributed by atoms with Crippen molar-refractivity contribution in [2.45, 2.75) is 13.3 Å². The highest BCUT2D eigenvalue weighted by molar-refractivity contribution is 6.03. The van der Waals surface area contributed by atoms with Crippen LogP contribution in [0.1, 0.15) is 21.5 Å². The smallest absolute Gasteiger partial charge is 0.256 e. The van der Waals surface area contributed by atoms with Crippen LogP contribution in [0, 0.1) is 6.92 Å². The van der Waals surface area contributed by atoms with Gasteiger partial charge in [0.05, 0.1) is 0 Å². The Balaban J connectivity index is 1.52. The molecule has 0 saturated carbocycles. The first kappa shape index (κ1) is 16.6. The predicted octanol–water partition coefficient (Wildman–Crippen LogP) is 3.69. The van der Waals surface area contributed by atoms with E-state index in [-0.39, 0.29) is 5.91 Å². The average Bonchev–Trinajstić information content (AvgIpc) is 2.64. The van der Waals surface area contributed by atoms with E-state index in [9.17, 15) is 4.79 Å². The van der Waals surface area contributed by atoms with Crippen LogP contribution in [0.2, 0.25) is 0 Å². The summed E-state index contributed by atoms with van der Waals surface area (Å²) < 4.78 is 0. The molecule has 1 aromatic heterocycles. The lowest BCUT2D eigenvalue weighted by atomic mass is 10.1. The van der Waals surface area contributed by atoms with Crippen LogP contribution in [0.15, 0.2) is 66.7 Å². The number of rotatable bonds is 6. The highest BCUT2D eigenvalue weighted by Gasteiger charge is 2.07. The van der Waals surface area contributed by atoms with Crippen LogP contribution in [0.4, 0.5) is 11.6 Å². The minimum atomic E-state index is -0.192. The normalized spacial score (nSPS) is 10.3. The second-order valence-electron chi connectivity index (χ2n) is 5.79. The molecule has 0 fully saturated rings. The van der Waals surface area contributed by atoms with Crippen molar-refractivity contribution in [3.8, 4) is 0 Å². The Morgan fingerprint density at radius 1 is 0.920 bits per heavy atom. The van der Waals surface area contributed by atoms with Crippen molar-refractivity contribution < 1.29 is 4.79 Å². The summed E-state index contributed by atoms with van der Waals surface area (Å²) in [4.78, 5) is 12.2. The van der Waals surface area contributed by atoms with Gasteiger partial charge in [0.15, 0.2) is 5.82 Å². The third-order valence-corrected chi connectivity index (χ3v) is 3.75. The van der Waals surface area contributed by atoms with Gasteiger partial charge in [-0.2, -0.15) is 0 Å². The molecule has 0 bridgehead atoms. The Morgan fingerprint density at radius 3 is 2.40 bits per heavy atom. The second kappa shape index (κ2) is 8.06. The van der Waals surface area contributed by atoms with Gasteiger partial charge >= 0.3 is 0 Å². The first-order valence-corrected chi connectivity index (χ1v) is 8.20. The lowest BCUT2D eigenvalue weighted by molar-refractivity contribution is 0.102. The summed E-state index contributed by atoms with van der Waals surface area (Å²) in [5.41, 5.74) is 2.91. The maximum Gasteiger partial charge on any atom is 0.256 e. The van der Waals surface area contributed by atoms with Gasteiger partial charge in [0.2, 0.25) is 0 Å². The van der Waals surface area contributed by atoms with Gasteiger partial charge in [-0.05, 0) is 43.2 Å². The fraction of sp³-hybridized carbons (Fsp3) is 0.150. The first-order chi connectivity index (χ1) is 12.2. The molecule has 0 aliphatic rings. The van der Waals surface area contributed by atoms with Crippen molar-refractivity contribution in [3.63, 3.8) is 0 Å². The lowest BCUT2D eigenvalue weighted by Gasteiger charge is -2.07. The van der Waals surface area contributed by atoms with Crippen LogP contribution in [-0.2, 0) is 6.42 Å². The number of hydrogen-bond donors (Lipinski definition) is 2. The molecule has 1 amide bonds. The zero-order valence-corrected chi connectivity index (χ0v) is 14.1. The molecule has 3 aromatic rings. The van der Waals surface area contributed by atoms with Crippen LogP contribution < -0.4 is 10.6 Å². The van der Waals surface area contributed by atoms with Gasteiger partial charge in [-0.1, -0.05) is 48.0 Å². The third kappa shape index (κ3) is 4.88. The monoisotopic (exact) mass is 332 g/mol. The molecule has 0 spiro atoms. The molecule has 25 heavy (non-hydrogen) atoms. The van der Waals surface area contributed by atoms with Crippen LogP contribution in [-0.4, -0.2) is 22.6 Å². The Kier molecular flexibility index (Phi) is 5.36. The summed E-state index contributed by atoms with van der Waals surface area (Å²) in [5, 5.41) is 14.1. The number of nitrogens with zero attached hydrogens (tertiary/aromatic N) is 2. The van der Waals surface area contributed by atoms with E-state index < -0.39 is 0 Å². The van der Waals surface area contributed by atoms with E-state index in [0.29, 0.717) is 17.2 Å². The molecule has 2 N–H and O–H groups in total. The first-order valence-electron chi connectivity index (χ1n) is 8.20. The van der Waals surface area contributed by atoms with Gasteiger partial charge in [-0.3, -0.25) is 4.79 Å². The molecule has 0 unspecified atom stereocenters. The zero-order chi connectivity index (χ0) is 17.5. The summed E-state index contributed by atoms with van der Waals surface area (Å²) >= 11 is 0. The number of anilines is 2. The lowest BCUT2D eigenvalue weighted by Crippen LogP contribution is -2.14. The van der Waals surface area contributed by atoms with Crippen molar-refractivity contribution in [2.75, 3.05) is 17.2 Å². The average molecular weight is 332 g/mol. The molecule has 1 heterocycles. The molecule has 0 radical (unpaired) electrons. The molecule has 0 atom stereocenters. The minimum absolute atomic E-state index is 0.192. The minimum Gasteiger partial charge on any atom is -0.368 e.